The first kappa shape index (κ1) is 19.5. The molecule has 0 aromatic carbocycles. The van der Waals surface area contributed by atoms with Crippen LogP contribution in [0.25, 0.3) is 0 Å². The van der Waals surface area contributed by atoms with Crippen LogP contribution in [0.1, 0.15) is 29.4 Å². The van der Waals surface area contributed by atoms with Gasteiger partial charge in [0.25, 0.3) is 5.91 Å². The van der Waals surface area contributed by atoms with E-state index in [0.717, 1.165) is 25.2 Å². The Bertz CT molecular complexity index is 331. The number of halogens is 2. The fourth-order valence-corrected chi connectivity index (χ4v) is 1.27. The van der Waals surface area contributed by atoms with Gasteiger partial charge in [0, 0.05) is 25.0 Å². The average molecular weight is 294 g/mol. The van der Waals surface area contributed by atoms with Crippen molar-refractivity contribution in [1.29, 1.82) is 0 Å². The predicted octanol–water partition coefficient (Wildman–Crippen LogP) is 1.96. The van der Waals surface area contributed by atoms with E-state index in [1.807, 2.05) is 13.0 Å². The minimum Gasteiger partial charge on any atom is -0.351 e. The lowest BCUT2D eigenvalue weighted by atomic mass is 10.2. The van der Waals surface area contributed by atoms with Crippen LogP contribution in [0.3, 0.4) is 0 Å². The van der Waals surface area contributed by atoms with Crippen molar-refractivity contribution in [1.82, 2.24) is 15.6 Å². The SMILES string of the molecule is CCCNCCNC(=O)c1ccc(C)nc1.Cl.Cl. The van der Waals surface area contributed by atoms with Crippen LogP contribution < -0.4 is 10.6 Å². The zero-order valence-corrected chi connectivity index (χ0v) is 12.4. The summed E-state index contributed by atoms with van der Waals surface area (Å²) in [6.07, 6.45) is 2.71. The molecule has 0 fully saturated rings. The fourth-order valence-electron chi connectivity index (χ4n) is 1.27. The number of amides is 1. The predicted molar refractivity (Wildman–Crippen MR) is 79.0 cm³/mol. The molecule has 0 saturated carbocycles. The van der Waals surface area contributed by atoms with Gasteiger partial charge in [-0.1, -0.05) is 6.92 Å². The van der Waals surface area contributed by atoms with Gasteiger partial charge in [0.05, 0.1) is 5.56 Å². The zero-order valence-electron chi connectivity index (χ0n) is 10.7. The van der Waals surface area contributed by atoms with Crippen molar-refractivity contribution >= 4 is 30.7 Å². The molecule has 104 valence electrons. The second kappa shape index (κ2) is 11.3. The first-order chi connectivity index (χ1) is 7.74. The molecule has 0 atom stereocenters. The van der Waals surface area contributed by atoms with Gasteiger partial charge in [-0.3, -0.25) is 9.78 Å². The number of pyridine rings is 1. The highest BCUT2D eigenvalue weighted by Crippen LogP contribution is 1.98. The highest BCUT2D eigenvalue weighted by Gasteiger charge is 2.03. The van der Waals surface area contributed by atoms with Crippen molar-refractivity contribution in [3.05, 3.63) is 29.6 Å². The van der Waals surface area contributed by atoms with Gasteiger partial charge < -0.3 is 10.6 Å². The average Bonchev–Trinajstić information content (AvgIpc) is 2.29. The zero-order chi connectivity index (χ0) is 11.8. The van der Waals surface area contributed by atoms with Gasteiger partial charge in [-0.15, -0.1) is 24.8 Å². The van der Waals surface area contributed by atoms with E-state index in [0.29, 0.717) is 12.1 Å². The summed E-state index contributed by atoms with van der Waals surface area (Å²) in [5.74, 6) is -0.0641. The standard InChI is InChI=1S/C12H19N3O.2ClH/c1-3-6-13-7-8-14-12(16)11-5-4-10(2)15-9-11;;/h4-5,9,13H,3,6-8H2,1-2H3,(H,14,16);2*1H. The third-order valence-corrected chi connectivity index (χ3v) is 2.19. The van der Waals surface area contributed by atoms with Crippen molar-refractivity contribution in [3.8, 4) is 0 Å². The Hall–Kier alpha value is -0.840. The monoisotopic (exact) mass is 293 g/mol. The van der Waals surface area contributed by atoms with Gasteiger partial charge in [0.15, 0.2) is 0 Å². The minimum absolute atomic E-state index is 0. The lowest BCUT2D eigenvalue weighted by Crippen LogP contribution is -2.32. The maximum Gasteiger partial charge on any atom is 0.252 e. The molecule has 0 bridgehead atoms. The van der Waals surface area contributed by atoms with E-state index in [9.17, 15) is 4.79 Å². The molecule has 0 aliphatic heterocycles. The van der Waals surface area contributed by atoms with Crippen LogP contribution >= 0.6 is 24.8 Å². The first-order valence-electron chi connectivity index (χ1n) is 5.65. The summed E-state index contributed by atoms with van der Waals surface area (Å²) in [6, 6.07) is 3.63. The number of carbonyl (C=O) groups excluding carboxylic acids is 1. The molecule has 6 heteroatoms. The van der Waals surface area contributed by atoms with Crippen LogP contribution in [-0.4, -0.2) is 30.5 Å². The van der Waals surface area contributed by atoms with Gasteiger partial charge >= 0.3 is 0 Å². The Morgan fingerprint density at radius 1 is 1.22 bits per heavy atom. The van der Waals surface area contributed by atoms with Crippen molar-refractivity contribution in [2.75, 3.05) is 19.6 Å². The summed E-state index contributed by atoms with van der Waals surface area (Å²) in [7, 11) is 0. The Morgan fingerprint density at radius 3 is 2.50 bits per heavy atom. The summed E-state index contributed by atoms with van der Waals surface area (Å²) in [5, 5.41) is 6.06. The largest absolute Gasteiger partial charge is 0.351 e. The van der Waals surface area contributed by atoms with Crippen LogP contribution in [0.5, 0.6) is 0 Å². The summed E-state index contributed by atoms with van der Waals surface area (Å²) < 4.78 is 0. The highest BCUT2D eigenvalue weighted by molar-refractivity contribution is 5.93. The lowest BCUT2D eigenvalue weighted by Gasteiger charge is -2.05. The second-order valence-electron chi connectivity index (χ2n) is 3.69. The molecule has 1 rings (SSSR count). The summed E-state index contributed by atoms with van der Waals surface area (Å²) in [5.41, 5.74) is 1.53. The summed E-state index contributed by atoms with van der Waals surface area (Å²) >= 11 is 0. The topological polar surface area (TPSA) is 54.0 Å². The fraction of sp³-hybridized carbons (Fsp3) is 0.500. The molecular formula is C12H21Cl2N3O. The minimum atomic E-state index is -0.0641. The molecule has 2 N–H and O–H groups in total. The van der Waals surface area contributed by atoms with Gasteiger partial charge in [-0.05, 0) is 32.0 Å². The third-order valence-electron chi connectivity index (χ3n) is 2.19. The van der Waals surface area contributed by atoms with Crippen LogP contribution in [0.15, 0.2) is 18.3 Å². The number of nitrogens with one attached hydrogen (secondary N) is 2. The Balaban J connectivity index is 0. The maximum atomic E-state index is 11.6. The number of nitrogens with zero attached hydrogens (tertiary/aromatic N) is 1. The maximum absolute atomic E-state index is 11.6. The van der Waals surface area contributed by atoms with E-state index < -0.39 is 0 Å². The molecule has 4 nitrogen and oxygen atoms in total. The van der Waals surface area contributed by atoms with Gasteiger partial charge in [0.1, 0.15) is 0 Å². The lowest BCUT2D eigenvalue weighted by molar-refractivity contribution is 0.0953. The molecule has 18 heavy (non-hydrogen) atoms. The first-order valence-corrected chi connectivity index (χ1v) is 5.65. The Labute approximate surface area is 121 Å². The molecule has 0 saturated heterocycles. The molecule has 1 amide bonds. The number of hydrogen-bond acceptors (Lipinski definition) is 3. The molecule has 1 heterocycles. The molecule has 0 unspecified atom stereocenters. The van der Waals surface area contributed by atoms with Crippen LogP contribution in [0.4, 0.5) is 0 Å². The molecule has 0 aliphatic rings. The number of aryl methyl sites for hydroxylation is 1. The van der Waals surface area contributed by atoms with Gasteiger partial charge in [-0.25, -0.2) is 0 Å². The number of rotatable bonds is 6. The van der Waals surface area contributed by atoms with Crippen LogP contribution in [0.2, 0.25) is 0 Å². The number of aromatic nitrogens is 1. The van der Waals surface area contributed by atoms with Crippen molar-refractivity contribution < 1.29 is 4.79 Å². The Kier molecular flexibility index (Phi) is 12.2. The normalized spacial score (nSPS) is 9.00. The highest BCUT2D eigenvalue weighted by atomic mass is 35.5. The van der Waals surface area contributed by atoms with Crippen LogP contribution in [-0.2, 0) is 0 Å². The van der Waals surface area contributed by atoms with Gasteiger partial charge in [0.2, 0.25) is 0 Å². The van der Waals surface area contributed by atoms with Crippen LogP contribution in [0, 0.1) is 6.92 Å². The third kappa shape index (κ3) is 7.48. The Morgan fingerprint density at radius 2 is 1.94 bits per heavy atom. The molecule has 0 radical (unpaired) electrons. The quantitative estimate of drug-likeness (QED) is 0.789. The summed E-state index contributed by atoms with van der Waals surface area (Å²) in [4.78, 5) is 15.7. The van der Waals surface area contributed by atoms with E-state index in [-0.39, 0.29) is 30.7 Å². The van der Waals surface area contributed by atoms with E-state index >= 15 is 0 Å². The van der Waals surface area contributed by atoms with Gasteiger partial charge in [-0.2, -0.15) is 0 Å². The van der Waals surface area contributed by atoms with E-state index in [1.54, 1.807) is 12.3 Å². The molecule has 0 spiro atoms. The molecular weight excluding hydrogens is 273 g/mol. The van der Waals surface area contributed by atoms with Crippen molar-refractivity contribution in [2.24, 2.45) is 0 Å². The van der Waals surface area contributed by atoms with E-state index in [2.05, 4.69) is 22.5 Å². The van der Waals surface area contributed by atoms with Crippen molar-refractivity contribution in [3.63, 3.8) is 0 Å². The smallest absolute Gasteiger partial charge is 0.252 e. The van der Waals surface area contributed by atoms with Crippen molar-refractivity contribution in [2.45, 2.75) is 20.3 Å². The van der Waals surface area contributed by atoms with E-state index in [4.69, 9.17) is 0 Å². The number of carbonyl (C=O) groups is 1. The number of hydrogen-bond donors (Lipinski definition) is 2. The molecule has 0 aliphatic carbocycles. The summed E-state index contributed by atoms with van der Waals surface area (Å²) in [6.45, 7) is 6.45. The molecule has 1 aromatic heterocycles. The van der Waals surface area contributed by atoms with E-state index in [1.165, 1.54) is 0 Å². The molecule has 1 aromatic rings. The second-order valence-corrected chi connectivity index (χ2v) is 3.69.